The third-order valence-electron chi connectivity index (χ3n) is 2.74. The zero-order chi connectivity index (χ0) is 15.2. The summed E-state index contributed by atoms with van der Waals surface area (Å²) >= 11 is 0. The Balaban J connectivity index is 2.53. The first-order valence-electron chi connectivity index (χ1n) is 7.07. The van der Waals surface area contributed by atoms with Gasteiger partial charge in [0.05, 0.1) is 5.69 Å². The Morgan fingerprint density at radius 2 is 2.00 bits per heavy atom. The lowest BCUT2D eigenvalue weighted by molar-refractivity contribution is -0.116. The van der Waals surface area contributed by atoms with Gasteiger partial charge >= 0.3 is 0 Å². The number of carbonyl (C=O) groups is 1. The van der Waals surface area contributed by atoms with E-state index in [1.165, 1.54) is 6.07 Å². The number of anilines is 1. The van der Waals surface area contributed by atoms with Crippen LogP contribution in [-0.2, 0) is 11.3 Å². The molecule has 20 heavy (non-hydrogen) atoms. The molecule has 0 spiro atoms. The van der Waals surface area contributed by atoms with Gasteiger partial charge in [0.1, 0.15) is 0 Å². The molecule has 0 aliphatic heterocycles. The molecule has 1 aromatic rings. The van der Waals surface area contributed by atoms with Gasteiger partial charge in [-0.2, -0.15) is 0 Å². The van der Waals surface area contributed by atoms with E-state index in [4.69, 9.17) is 0 Å². The second-order valence-electron chi connectivity index (χ2n) is 5.92. The van der Waals surface area contributed by atoms with E-state index in [-0.39, 0.29) is 17.0 Å². The summed E-state index contributed by atoms with van der Waals surface area (Å²) in [5.74, 6) is -0.0524. The Labute approximate surface area is 120 Å². The molecule has 5 heteroatoms. The molecule has 1 amide bonds. The largest absolute Gasteiger partial charge is 0.325 e. The van der Waals surface area contributed by atoms with Gasteiger partial charge in [0.25, 0.3) is 5.56 Å². The Hall–Kier alpha value is -1.62. The molecule has 5 nitrogen and oxygen atoms in total. The van der Waals surface area contributed by atoms with Crippen molar-refractivity contribution >= 4 is 11.6 Å². The van der Waals surface area contributed by atoms with E-state index in [0.717, 1.165) is 6.42 Å². The predicted octanol–water partition coefficient (Wildman–Crippen LogP) is 1.98. The van der Waals surface area contributed by atoms with Gasteiger partial charge < -0.3 is 15.2 Å². The van der Waals surface area contributed by atoms with E-state index in [9.17, 15) is 9.59 Å². The fraction of sp³-hybridized carbons (Fsp3) is 0.600. The maximum Gasteiger partial charge on any atom is 0.250 e. The van der Waals surface area contributed by atoms with Crippen molar-refractivity contribution in [2.24, 2.45) is 0 Å². The molecule has 1 aromatic heterocycles. The number of amides is 1. The van der Waals surface area contributed by atoms with E-state index < -0.39 is 0 Å². The van der Waals surface area contributed by atoms with Crippen LogP contribution in [0.1, 0.15) is 40.5 Å². The lowest BCUT2D eigenvalue weighted by Gasteiger charge is -2.20. The van der Waals surface area contributed by atoms with Crippen molar-refractivity contribution < 1.29 is 4.79 Å². The van der Waals surface area contributed by atoms with E-state index >= 15 is 0 Å². The topological polar surface area (TPSA) is 63.1 Å². The van der Waals surface area contributed by atoms with Crippen molar-refractivity contribution in [3.05, 3.63) is 28.7 Å². The normalized spacial score (nSPS) is 11.4. The van der Waals surface area contributed by atoms with Crippen LogP contribution < -0.4 is 16.2 Å². The van der Waals surface area contributed by atoms with Gasteiger partial charge in [-0.1, -0.05) is 6.92 Å². The first-order chi connectivity index (χ1) is 9.31. The number of hydrogen-bond acceptors (Lipinski definition) is 3. The highest BCUT2D eigenvalue weighted by Gasteiger charge is 2.10. The standard InChI is InChI=1S/C15H25N3O2/c1-5-10-18-11-12(6-7-14(18)20)17-13(19)8-9-16-15(2,3)4/h6-7,11,16H,5,8-10H2,1-4H3,(H,17,19). The smallest absolute Gasteiger partial charge is 0.250 e. The summed E-state index contributed by atoms with van der Waals surface area (Å²) in [5.41, 5.74) is 0.632. The molecule has 0 atom stereocenters. The number of aryl methyl sites for hydroxylation is 1. The lowest BCUT2D eigenvalue weighted by Crippen LogP contribution is -2.37. The van der Waals surface area contributed by atoms with Crippen LogP contribution in [-0.4, -0.2) is 22.6 Å². The predicted molar refractivity (Wildman–Crippen MR) is 82.0 cm³/mol. The molecule has 2 N–H and O–H groups in total. The van der Waals surface area contributed by atoms with Gasteiger partial charge in [-0.15, -0.1) is 0 Å². The number of aromatic nitrogens is 1. The van der Waals surface area contributed by atoms with Crippen LogP contribution in [0.15, 0.2) is 23.1 Å². The Morgan fingerprint density at radius 3 is 2.60 bits per heavy atom. The molecular formula is C15H25N3O2. The minimum atomic E-state index is -0.0524. The van der Waals surface area contributed by atoms with E-state index in [2.05, 4.69) is 31.4 Å². The molecule has 0 aliphatic carbocycles. The number of nitrogens with one attached hydrogen (secondary N) is 2. The van der Waals surface area contributed by atoms with Crippen molar-refractivity contribution in [3.8, 4) is 0 Å². The fourth-order valence-electron chi connectivity index (χ4n) is 1.80. The minimum Gasteiger partial charge on any atom is -0.325 e. The fourth-order valence-corrected chi connectivity index (χ4v) is 1.80. The molecule has 0 saturated carbocycles. The van der Waals surface area contributed by atoms with Crippen LogP contribution in [0.4, 0.5) is 5.69 Å². The van der Waals surface area contributed by atoms with Gasteiger partial charge in [-0.05, 0) is 33.3 Å². The highest BCUT2D eigenvalue weighted by molar-refractivity contribution is 5.90. The van der Waals surface area contributed by atoms with E-state index in [1.54, 1.807) is 16.8 Å². The van der Waals surface area contributed by atoms with Crippen molar-refractivity contribution in [1.29, 1.82) is 0 Å². The van der Waals surface area contributed by atoms with Gasteiger partial charge in [0, 0.05) is 37.3 Å². The van der Waals surface area contributed by atoms with Crippen molar-refractivity contribution in [3.63, 3.8) is 0 Å². The van der Waals surface area contributed by atoms with Crippen molar-refractivity contribution in [1.82, 2.24) is 9.88 Å². The van der Waals surface area contributed by atoms with Gasteiger partial charge in [-0.3, -0.25) is 9.59 Å². The van der Waals surface area contributed by atoms with E-state index in [0.29, 0.717) is 25.2 Å². The lowest BCUT2D eigenvalue weighted by atomic mass is 10.1. The molecule has 0 radical (unpaired) electrons. The maximum atomic E-state index is 11.8. The zero-order valence-electron chi connectivity index (χ0n) is 12.8. The van der Waals surface area contributed by atoms with Crippen molar-refractivity contribution in [2.75, 3.05) is 11.9 Å². The number of nitrogens with zero attached hydrogens (tertiary/aromatic N) is 1. The van der Waals surface area contributed by atoms with Crippen LogP contribution in [0, 0.1) is 0 Å². The molecule has 1 heterocycles. The van der Waals surface area contributed by atoms with Gasteiger partial charge in [0.15, 0.2) is 0 Å². The summed E-state index contributed by atoms with van der Waals surface area (Å²) in [7, 11) is 0. The van der Waals surface area contributed by atoms with Crippen LogP contribution in [0.3, 0.4) is 0 Å². The van der Waals surface area contributed by atoms with Crippen LogP contribution in [0.5, 0.6) is 0 Å². The first kappa shape index (κ1) is 16.4. The van der Waals surface area contributed by atoms with E-state index in [1.807, 2.05) is 6.92 Å². The summed E-state index contributed by atoms with van der Waals surface area (Å²) in [5, 5.41) is 6.08. The SMILES string of the molecule is CCCn1cc(NC(=O)CCNC(C)(C)C)ccc1=O. The second kappa shape index (κ2) is 7.24. The Morgan fingerprint density at radius 1 is 1.30 bits per heavy atom. The molecule has 0 unspecified atom stereocenters. The Bertz CT molecular complexity index is 501. The zero-order valence-corrected chi connectivity index (χ0v) is 12.8. The number of pyridine rings is 1. The average molecular weight is 279 g/mol. The van der Waals surface area contributed by atoms with Crippen molar-refractivity contribution in [2.45, 2.75) is 52.6 Å². The molecular weight excluding hydrogens is 254 g/mol. The molecule has 0 saturated heterocycles. The third-order valence-corrected chi connectivity index (χ3v) is 2.74. The molecule has 1 rings (SSSR count). The highest BCUT2D eigenvalue weighted by atomic mass is 16.1. The monoisotopic (exact) mass is 279 g/mol. The van der Waals surface area contributed by atoms with Crippen LogP contribution in [0.25, 0.3) is 0 Å². The summed E-state index contributed by atoms with van der Waals surface area (Å²) in [4.78, 5) is 23.4. The summed E-state index contributed by atoms with van der Waals surface area (Å²) < 4.78 is 1.61. The molecule has 112 valence electrons. The van der Waals surface area contributed by atoms with Gasteiger partial charge in [0.2, 0.25) is 5.91 Å². The Kier molecular flexibility index (Phi) is 5.95. The summed E-state index contributed by atoms with van der Waals surface area (Å²) in [6, 6.07) is 3.13. The van der Waals surface area contributed by atoms with Crippen LogP contribution >= 0.6 is 0 Å². The maximum absolute atomic E-state index is 11.8. The number of rotatable bonds is 6. The molecule has 0 aliphatic rings. The molecule has 0 bridgehead atoms. The molecule has 0 fully saturated rings. The summed E-state index contributed by atoms with van der Waals surface area (Å²) in [6.07, 6.45) is 2.98. The van der Waals surface area contributed by atoms with Crippen LogP contribution in [0.2, 0.25) is 0 Å². The first-order valence-corrected chi connectivity index (χ1v) is 7.07. The molecule has 0 aromatic carbocycles. The number of hydrogen-bond donors (Lipinski definition) is 2. The quantitative estimate of drug-likeness (QED) is 0.837. The second-order valence-corrected chi connectivity index (χ2v) is 5.92. The minimum absolute atomic E-state index is 0.00856. The summed E-state index contributed by atoms with van der Waals surface area (Å²) in [6.45, 7) is 9.48. The number of carbonyl (C=O) groups excluding carboxylic acids is 1. The highest BCUT2D eigenvalue weighted by Crippen LogP contribution is 2.05. The van der Waals surface area contributed by atoms with Gasteiger partial charge in [-0.25, -0.2) is 0 Å². The average Bonchev–Trinajstić information content (AvgIpc) is 2.32. The third kappa shape index (κ3) is 6.02.